The Morgan fingerprint density at radius 2 is 2.20 bits per heavy atom. The molecule has 0 radical (unpaired) electrons. The number of hydrogen-bond donors (Lipinski definition) is 0. The Kier molecular flexibility index (Phi) is 4.07. The third kappa shape index (κ3) is 2.85. The quantitative estimate of drug-likeness (QED) is 0.382. The van der Waals surface area contributed by atoms with Crippen LogP contribution in [0.4, 0.5) is 0 Å². The monoisotopic (exact) mass is 181 g/mol. The van der Waals surface area contributed by atoms with Gasteiger partial charge in [0.05, 0.1) is 11.3 Å². The van der Waals surface area contributed by atoms with Crippen molar-refractivity contribution in [2.24, 2.45) is 0 Å². The highest BCUT2D eigenvalue weighted by Gasteiger charge is 2.12. The summed E-state index contributed by atoms with van der Waals surface area (Å²) < 4.78 is -0.315. The molecule has 0 atom stereocenters. The summed E-state index contributed by atoms with van der Waals surface area (Å²) in [6.07, 6.45) is 1.44. The van der Waals surface area contributed by atoms with Gasteiger partial charge in [0.1, 0.15) is 0 Å². The molecule has 0 heterocycles. The molecule has 0 saturated heterocycles. The molecule has 0 aliphatic rings. The number of allylic oxidation sites excluding steroid dienone is 1. The molecule has 0 aliphatic carbocycles. The smallest absolute Gasteiger partial charge is 0.259 e. The van der Waals surface area contributed by atoms with Crippen molar-refractivity contribution in [3.05, 3.63) is 33.0 Å². The van der Waals surface area contributed by atoms with E-state index in [1.807, 2.05) is 0 Å². The zero-order chi connectivity index (χ0) is 8.15. The molecule has 0 unspecified atom stereocenters. The predicted octanol–water partition coefficient (Wildman–Crippen LogP) is 2.49. The van der Waals surface area contributed by atoms with Gasteiger partial charge in [0.2, 0.25) is 0 Å². The maximum atomic E-state index is 10.1. The van der Waals surface area contributed by atoms with Gasteiger partial charge in [-0.1, -0.05) is 29.3 Å². The van der Waals surface area contributed by atoms with Crippen LogP contribution in [0.2, 0.25) is 0 Å². The maximum Gasteiger partial charge on any atom is 0.279 e. The van der Waals surface area contributed by atoms with Gasteiger partial charge in [-0.25, -0.2) is 0 Å². The number of halogens is 2. The molecule has 0 spiro atoms. The standard InChI is InChI=1S/C5H5Cl2NO2/c1-2-3-4(5(6)7)8(9)10/h2H,1,3H2. The molecule has 3 nitrogen and oxygen atoms in total. The Hall–Kier alpha value is -0.540. The highest BCUT2D eigenvalue weighted by atomic mass is 35.5. The molecule has 0 rings (SSSR count). The van der Waals surface area contributed by atoms with Gasteiger partial charge < -0.3 is 0 Å². The molecule has 0 aromatic heterocycles. The molecule has 56 valence electrons. The first-order chi connectivity index (χ1) is 4.59. The van der Waals surface area contributed by atoms with E-state index in [-0.39, 0.29) is 16.6 Å². The van der Waals surface area contributed by atoms with Crippen LogP contribution in [0.1, 0.15) is 6.42 Å². The molecule has 10 heavy (non-hydrogen) atoms. The molecule has 5 heteroatoms. The van der Waals surface area contributed by atoms with Crippen LogP contribution in [-0.2, 0) is 0 Å². The fourth-order valence-electron chi connectivity index (χ4n) is 0.357. The molecular formula is C5H5Cl2NO2. The lowest BCUT2D eigenvalue weighted by Gasteiger charge is -1.91. The summed E-state index contributed by atoms with van der Waals surface area (Å²) in [7, 11) is 0. The lowest BCUT2D eigenvalue weighted by atomic mass is 10.3. The van der Waals surface area contributed by atoms with Crippen LogP contribution < -0.4 is 0 Å². The van der Waals surface area contributed by atoms with Crippen molar-refractivity contribution < 1.29 is 4.92 Å². The fourth-order valence-corrected chi connectivity index (χ4v) is 0.650. The first kappa shape index (κ1) is 9.46. The summed E-state index contributed by atoms with van der Waals surface area (Å²) in [6.45, 7) is 3.31. The normalized spacial score (nSPS) is 8.60. The van der Waals surface area contributed by atoms with Crippen molar-refractivity contribution in [2.75, 3.05) is 0 Å². The second kappa shape index (κ2) is 4.30. The van der Waals surface area contributed by atoms with E-state index >= 15 is 0 Å². The molecule has 0 N–H and O–H groups in total. The van der Waals surface area contributed by atoms with Gasteiger partial charge >= 0.3 is 0 Å². The van der Waals surface area contributed by atoms with Crippen molar-refractivity contribution in [2.45, 2.75) is 6.42 Å². The average Bonchev–Trinajstić information content (AvgIpc) is 1.81. The molecule has 0 aromatic rings. The first-order valence-corrected chi connectivity index (χ1v) is 3.14. The van der Waals surface area contributed by atoms with E-state index in [4.69, 9.17) is 23.2 Å². The number of nitrogens with zero attached hydrogens (tertiary/aromatic N) is 1. The van der Waals surface area contributed by atoms with Gasteiger partial charge in [0.25, 0.3) is 5.70 Å². The van der Waals surface area contributed by atoms with Crippen molar-refractivity contribution in [3.63, 3.8) is 0 Å². The average molecular weight is 182 g/mol. The van der Waals surface area contributed by atoms with Crippen molar-refractivity contribution >= 4 is 23.2 Å². The lowest BCUT2D eigenvalue weighted by Crippen LogP contribution is -1.97. The Balaban J connectivity index is 4.42. The fraction of sp³-hybridized carbons (Fsp3) is 0.200. The SMILES string of the molecule is C=CCC(=C(Cl)Cl)[N+](=O)[O-]. The van der Waals surface area contributed by atoms with E-state index in [2.05, 4.69) is 6.58 Å². The summed E-state index contributed by atoms with van der Waals surface area (Å²) >= 11 is 10.3. The molecular weight excluding hydrogens is 177 g/mol. The summed E-state index contributed by atoms with van der Waals surface area (Å²) in [4.78, 5) is 9.43. The third-order valence-electron chi connectivity index (χ3n) is 0.776. The van der Waals surface area contributed by atoms with Gasteiger partial charge in [-0.15, -0.1) is 6.58 Å². The molecule has 0 aromatic carbocycles. The second-order valence-corrected chi connectivity index (χ2v) is 2.41. The lowest BCUT2D eigenvalue weighted by molar-refractivity contribution is -0.426. The van der Waals surface area contributed by atoms with Crippen LogP contribution in [0.15, 0.2) is 22.8 Å². The van der Waals surface area contributed by atoms with Crippen LogP contribution in [-0.4, -0.2) is 4.92 Å². The number of nitro groups is 1. The largest absolute Gasteiger partial charge is 0.279 e. The summed E-state index contributed by atoms with van der Waals surface area (Å²) in [5, 5.41) is 10.1. The Morgan fingerprint density at radius 1 is 1.70 bits per heavy atom. The minimum Gasteiger partial charge on any atom is -0.259 e. The van der Waals surface area contributed by atoms with Crippen LogP contribution in [0, 0.1) is 10.1 Å². The zero-order valence-corrected chi connectivity index (χ0v) is 6.52. The van der Waals surface area contributed by atoms with E-state index in [1.165, 1.54) is 6.08 Å². The number of hydrogen-bond acceptors (Lipinski definition) is 2. The Labute approximate surface area is 68.1 Å². The first-order valence-electron chi connectivity index (χ1n) is 2.39. The van der Waals surface area contributed by atoms with Gasteiger partial charge in [0, 0.05) is 0 Å². The highest BCUT2D eigenvalue weighted by molar-refractivity contribution is 6.56. The molecule has 0 fully saturated rings. The third-order valence-corrected chi connectivity index (χ3v) is 1.21. The van der Waals surface area contributed by atoms with Crippen molar-refractivity contribution in [3.8, 4) is 0 Å². The predicted molar refractivity (Wildman–Crippen MR) is 40.5 cm³/mol. The Morgan fingerprint density at radius 3 is 2.30 bits per heavy atom. The van der Waals surface area contributed by atoms with Gasteiger partial charge in [0.15, 0.2) is 4.49 Å². The second-order valence-electron chi connectivity index (χ2n) is 1.46. The van der Waals surface area contributed by atoms with Crippen LogP contribution in [0.25, 0.3) is 0 Å². The molecule has 0 amide bonds. The molecule has 0 bridgehead atoms. The number of rotatable bonds is 3. The highest BCUT2D eigenvalue weighted by Crippen LogP contribution is 2.17. The molecule has 0 aliphatic heterocycles. The van der Waals surface area contributed by atoms with E-state index in [9.17, 15) is 10.1 Å². The zero-order valence-electron chi connectivity index (χ0n) is 5.01. The minimum atomic E-state index is -0.628. The van der Waals surface area contributed by atoms with E-state index in [1.54, 1.807) is 0 Å². The topological polar surface area (TPSA) is 43.1 Å². The van der Waals surface area contributed by atoms with Gasteiger partial charge in [-0.05, 0) is 0 Å². The summed E-state index contributed by atoms with van der Waals surface area (Å²) in [5.41, 5.74) is -0.224. The van der Waals surface area contributed by atoms with Crippen molar-refractivity contribution in [1.29, 1.82) is 0 Å². The molecule has 0 saturated carbocycles. The van der Waals surface area contributed by atoms with Crippen LogP contribution >= 0.6 is 23.2 Å². The van der Waals surface area contributed by atoms with E-state index in [0.717, 1.165) is 0 Å². The van der Waals surface area contributed by atoms with Crippen molar-refractivity contribution in [1.82, 2.24) is 0 Å². The van der Waals surface area contributed by atoms with E-state index in [0.29, 0.717) is 0 Å². The van der Waals surface area contributed by atoms with Gasteiger partial charge in [-0.3, -0.25) is 10.1 Å². The summed E-state index contributed by atoms with van der Waals surface area (Å²) in [6, 6.07) is 0. The minimum absolute atomic E-state index is 0.0787. The Bertz CT molecular complexity index is 184. The summed E-state index contributed by atoms with van der Waals surface area (Å²) in [5.74, 6) is 0. The van der Waals surface area contributed by atoms with E-state index < -0.39 is 4.92 Å². The van der Waals surface area contributed by atoms with Gasteiger partial charge in [-0.2, -0.15) is 0 Å². The van der Waals surface area contributed by atoms with Crippen LogP contribution in [0.3, 0.4) is 0 Å². The maximum absolute atomic E-state index is 10.1. The van der Waals surface area contributed by atoms with Crippen LogP contribution in [0.5, 0.6) is 0 Å².